The molecular formula is C27H29N7O2. The summed E-state index contributed by atoms with van der Waals surface area (Å²) in [5.74, 6) is 0.623. The van der Waals surface area contributed by atoms with Gasteiger partial charge in [-0.3, -0.25) is 4.68 Å². The van der Waals surface area contributed by atoms with Gasteiger partial charge in [-0.2, -0.15) is 5.26 Å². The smallest absolute Gasteiger partial charge is 0.137 e. The molecule has 1 N–H and O–H groups in total. The number of aromatic nitrogens is 5. The molecule has 2 aliphatic heterocycles. The quantitative estimate of drug-likeness (QED) is 0.423. The number of ether oxygens (including phenoxy) is 2. The number of aromatic amines is 1. The predicted molar refractivity (Wildman–Crippen MR) is 135 cm³/mol. The van der Waals surface area contributed by atoms with Gasteiger partial charge in [0.15, 0.2) is 0 Å². The summed E-state index contributed by atoms with van der Waals surface area (Å²) < 4.78 is 13.4. The molecule has 0 unspecified atom stereocenters. The van der Waals surface area contributed by atoms with Gasteiger partial charge < -0.3 is 19.4 Å². The summed E-state index contributed by atoms with van der Waals surface area (Å²) in [5, 5.41) is 19.5. The van der Waals surface area contributed by atoms with Gasteiger partial charge in [-0.15, -0.1) is 5.10 Å². The number of nitrogens with zero attached hydrogens (tertiary/aromatic N) is 6. The number of benzene rings is 1. The molecule has 36 heavy (non-hydrogen) atoms. The van der Waals surface area contributed by atoms with E-state index in [9.17, 15) is 5.26 Å². The van der Waals surface area contributed by atoms with Crippen LogP contribution in [0.25, 0.3) is 33.4 Å². The first-order valence-electron chi connectivity index (χ1n) is 12.7. The molecule has 0 atom stereocenters. The second-order valence-corrected chi connectivity index (χ2v) is 9.49. The van der Waals surface area contributed by atoms with Crippen LogP contribution in [-0.4, -0.2) is 68.8 Å². The molecule has 6 rings (SSSR count). The van der Waals surface area contributed by atoms with Gasteiger partial charge in [0.25, 0.3) is 0 Å². The fourth-order valence-electron chi connectivity index (χ4n) is 5.03. The first-order chi connectivity index (χ1) is 17.8. The minimum atomic E-state index is 0.0836. The molecule has 2 fully saturated rings. The second kappa shape index (κ2) is 10.1. The normalized spacial score (nSPS) is 17.0. The molecule has 9 nitrogen and oxygen atoms in total. The third-order valence-corrected chi connectivity index (χ3v) is 7.08. The molecule has 9 heteroatoms. The lowest BCUT2D eigenvalue weighted by molar-refractivity contribution is 0.0254. The lowest BCUT2D eigenvalue weighted by Gasteiger charge is -2.23. The second-order valence-electron chi connectivity index (χ2n) is 9.49. The highest BCUT2D eigenvalue weighted by Gasteiger charge is 2.18. The number of hydrogen-bond donors (Lipinski definition) is 1. The van der Waals surface area contributed by atoms with Crippen molar-refractivity contribution in [2.45, 2.75) is 38.3 Å². The van der Waals surface area contributed by atoms with Crippen molar-refractivity contribution >= 4 is 11.0 Å². The average Bonchev–Trinajstić information content (AvgIpc) is 3.69. The topological polar surface area (TPSA) is 105 Å². The lowest BCUT2D eigenvalue weighted by Crippen LogP contribution is -2.26. The summed E-state index contributed by atoms with van der Waals surface area (Å²) in [5.41, 5.74) is 4.95. The van der Waals surface area contributed by atoms with Crippen molar-refractivity contribution in [3.63, 3.8) is 0 Å². The van der Waals surface area contributed by atoms with Crippen LogP contribution in [0.1, 0.15) is 31.2 Å². The van der Waals surface area contributed by atoms with Crippen molar-refractivity contribution in [2.75, 3.05) is 32.8 Å². The van der Waals surface area contributed by atoms with Gasteiger partial charge in [0.05, 0.1) is 31.5 Å². The van der Waals surface area contributed by atoms with Crippen LogP contribution in [0.3, 0.4) is 0 Å². The van der Waals surface area contributed by atoms with Crippen molar-refractivity contribution in [2.24, 2.45) is 0 Å². The number of nitriles is 1. The number of fused-ring (bicyclic) bond motifs is 1. The Hall–Kier alpha value is -3.74. The van der Waals surface area contributed by atoms with Crippen molar-refractivity contribution in [3.05, 3.63) is 48.4 Å². The Morgan fingerprint density at radius 2 is 1.97 bits per heavy atom. The van der Waals surface area contributed by atoms with E-state index in [4.69, 9.17) is 9.47 Å². The van der Waals surface area contributed by atoms with Crippen LogP contribution in [0.2, 0.25) is 0 Å². The predicted octanol–water partition coefficient (Wildman–Crippen LogP) is 4.01. The van der Waals surface area contributed by atoms with Gasteiger partial charge >= 0.3 is 0 Å². The number of pyridine rings is 1. The molecule has 2 saturated heterocycles. The number of hydrogen-bond acceptors (Lipinski definition) is 7. The summed E-state index contributed by atoms with van der Waals surface area (Å²) in [6.45, 7) is 5.57. The molecule has 184 valence electrons. The van der Waals surface area contributed by atoms with E-state index in [0.717, 1.165) is 59.3 Å². The third kappa shape index (κ3) is 4.70. The highest BCUT2D eigenvalue weighted by Crippen LogP contribution is 2.33. The van der Waals surface area contributed by atoms with E-state index in [-0.39, 0.29) is 6.10 Å². The van der Waals surface area contributed by atoms with Gasteiger partial charge in [0.1, 0.15) is 29.3 Å². The third-order valence-electron chi connectivity index (χ3n) is 7.08. The molecule has 4 aromatic rings. The van der Waals surface area contributed by atoms with Crippen LogP contribution in [0.4, 0.5) is 0 Å². The zero-order valence-electron chi connectivity index (χ0n) is 20.2. The molecule has 0 aliphatic carbocycles. The van der Waals surface area contributed by atoms with Crippen molar-refractivity contribution in [1.29, 1.82) is 5.26 Å². The average molecular weight is 484 g/mol. The van der Waals surface area contributed by atoms with Gasteiger partial charge in [-0.25, -0.2) is 4.98 Å². The highest BCUT2D eigenvalue weighted by molar-refractivity contribution is 5.95. The lowest BCUT2D eigenvalue weighted by atomic mass is 10.0. The zero-order valence-corrected chi connectivity index (χ0v) is 20.2. The molecule has 0 amide bonds. The highest BCUT2D eigenvalue weighted by atomic mass is 16.5. The first kappa shape index (κ1) is 22.7. The molecule has 0 radical (unpaired) electrons. The number of nitrogens with one attached hydrogen (secondary N) is 1. The van der Waals surface area contributed by atoms with E-state index in [2.05, 4.69) is 37.3 Å². The fraction of sp³-hybridized carbons (Fsp3) is 0.407. The summed E-state index contributed by atoms with van der Waals surface area (Å²) in [6, 6.07) is 10.2. The molecule has 1 aromatic carbocycles. The van der Waals surface area contributed by atoms with Crippen LogP contribution in [0.5, 0.6) is 5.75 Å². The Balaban J connectivity index is 1.24. The van der Waals surface area contributed by atoms with Crippen molar-refractivity contribution in [1.82, 2.24) is 29.9 Å². The summed E-state index contributed by atoms with van der Waals surface area (Å²) in [4.78, 5) is 10.3. The number of H-pyrrole nitrogens is 1. The van der Waals surface area contributed by atoms with Gasteiger partial charge in [0, 0.05) is 48.3 Å². The van der Waals surface area contributed by atoms with E-state index in [0.29, 0.717) is 24.5 Å². The van der Waals surface area contributed by atoms with Crippen LogP contribution in [-0.2, 0) is 11.3 Å². The van der Waals surface area contributed by atoms with E-state index in [1.165, 1.54) is 25.9 Å². The van der Waals surface area contributed by atoms with Crippen molar-refractivity contribution in [3.8, 4) is 34.2 Å². The van der Waals surface area contributed by atoms with Crippen LogP contribution < -0.4 is 4.74 Å². The summed E-state index contributed by atoms with van der Waals surface area (Å²) in [7, 11) is 0. The van der Waals surface area contributed by atoms with E-state index in [1.807, 2.05) is 41.5 Å². The molecule has 3 aromatic heterocycles. The van der Waals surface area contributed by atoms with Crippen molar-refractivity contribution < 1.29 is 9.47 Å². The van der Waals surface area contributed by atoms with Gasteiger partial charge in [0.2, 0.25) is 0 Å². The molecule has 0 saturated carbocycles. The van der Waals surface area contributed by atoms with E-state index < -0.39 is 0 Å². The van der Waals surface area contributed by atoms with E-state index in [1.54, 1.807) is 0 Å². The molecule has 0 bridgehead atoms. The largest absolute Gasteiger partial charge is 0.489 e. The Morgan fingerprint density at radius 3 is 2.81 bits per heavy atom. The van der Waals surface area contributed by atoms with Gasteiger partial charge in [-0.1, -0.05) is 11.3 Å². The minimum absolute atomic E-state index is 0.0836. The maximum absolute atomic E-state index is 9.80. The SMILES string of the molecule is N#Cc1cc(-c2c[nH]c3ncc(-c4cn(CCN5CCCC5)nn4)cc23)ccc1OC1CCOCC1. The van der Waals surface area contributed by atoms with E-state index >= 15 is 0 Å². The van der Waals surface area contributed by atoms with Crippen LogP contribution in [0.15, 0.2) is 42.9 Å². The zero-order chi connectivity index (χ0) is 24.3. The molecular weight excluding hydrogens is 454 g/mol. The Labute approximate surface area is 209 Å². The van der Waals surface area contributed by atoms with Gasteiger partial charge in [-0.05, 0) is 49.7 Å². The molecule has 5 heterocycles. The number of likely N-dealkylation sites (tertiary alicyclic amines) is 1. The monoisotopic (exact) mass is 483 g/mol. The van der Waals surface area contributed by atoms with Crippen LogP contribution in [0, 0.1) is 11.3 Å². The van der Waals surface area contributed by atoms with Crippen LogP contribution >= 0.6 is 0 Å². The minimum Gasteiger partial charge on any atom is -0.489 e. The Bertz CT molecular complexity index is 1390. The Kier molecular flexibility index (Phi) is 6.36. The summed E-state index contributed by atoms with van der Waals surface area (Å²) >= 11 is 0. The maximum atomic E-state index is 9.80. The molecule has 0 spiro atoms. The number of rotatable bonds is 7. The molecule has 2 aliphatic rings. The first-order valence-corrected chi connectivity index (χ1v) is 12.7. The Morgan fingerprint density at radius 1 is 1.11 bits per heavy atom. The fourth-order valence-corrected chi connectivity index (χ4v) is 5.03. The maximum Gasteiger partial charge on any atom is 0.137 e. The standard InChI is InChI=1S/C27H29N7O2/c28-15-20-13-19(3-4-26(20)36-22-5-11-35-12-6-22)24-17-30-27-23(24)14-21(16-29-27)25-18-34(32-31-25)10-9-33-7-1-2-8-33/h3-4,13-14,16-18,22H,1-2,5-12H2,(H,29,30). The summed E-state index contributed by atoms with van der Waals surface area (Å²) in [6.07, 6.45) is 10.1.